The molecule has 2 heterocycles. The number of amides is 1. The van der Waals surface area contributed by atoms with Crippen molar-refractivity contribution in [2.45, 2.75) is 53.1 Å². The van der Waals surface area contributed by atoms with E-state index in [2.05, 4.69) is 50.1 Å². The number of carbonyl (C=O) groups excluding carboxylic acids is 1. The van der Waals surface area contributed by atoms with E-state index in [1.54, 1.807) is 11.3 Å². The molecule has 0 aliphatic carbocycles. The smallest absolute Gasteiger partial charge is 0.304 e. The fraction of sp³-hybridized carbons (Fsp3) is 0.440. The number of nitrogens with zero attached hydrogens (tertiary/aromatic N) is 5. The largest absolute Gasteiger partial charge is 0.493 e. The highest BCUT2D eigenvalue weighted by Gasteiger charge is 2.19. The minimum atomic E-state index is -0.587. The molecule has 1 aromatic carbocycles. The fourth-order valence-corrected chi connectivity index (χ4v) is 4.63. The van der Waals surface area contributed by atoms with Crippen LogP contribution in [0.1, 0.15) is 51.3 Å². The molecule has 0 unspecified atom stereocenters. The van der Waals surface area contributed by atoms with E-state index in [9.17, 15) is 9.90 Å². The van der Waals surface area contributed by atoms with Gasteiger partial charge in [0.2, 0.25) is 5.88 Å². The van der Waals surface area contributed by atoms with Gasteiger partial charge in [0.25, 0.3) is 0 Å². The van der Waals surface area contributed by atoms with Gasteiger partial charge in [-0.1, -0.05) is 53.8 Å². The number of hydrogen-bond acceptors (Lipinski definition) is 7. The summed E-state index contributed by atoms with van der Waals surface area (Å²) in [5, 5.41) is 25.6. The number of aromatic hydroxyl groups is 1. The molecule has 3 aromatic rings. The predicted molar refractivity (Wildman–Crippen MR) is 145 cm³/mol. The van der Waals surface area contributed by atoms with Gasteiger partial charge in [0.05, 0.1) is 22.8 Å². The van der Waals surface area contributed by atoms with Crippen molar-refractivity contribution >= 4 is 55.5 Å². The Morgan fingerprint density at radius 2 is 1.94 bits per heavy atom. The molecule has 1 amide bonds. The Hall–Kier alpha value is -2.56. The first-order valence-electron chi connectivity index (χ1n) is 11.8. The molecule has 2 aromatic heterocycles. The first kappa shape index (κ1) is 27.0. The first-order valence-corrected chi connectivity index (χ1v) is 13.5. The van der Waals surface area contributed by atoms with E-state index in [1.165, 1.54) is 0 Å². The normalized spacial score (nSPS) is 12.3. The quantitative estimate of drug-likeness (QED) is 0.137. The predicted octanol–water partition coefficient (Wildman–Crippen LogP) is 7.08. The number of fused-ring (bicyclic) bond motifs is 1. The highest BCUT2D eigenvalue weighted by molar-refractivity contribution is 9.10. The van der Waals surface area contributed by atoms with Crippen LogP contribution >= 0.6 is 27.3 Å². The van der Waals surface area contributed by atoms with Crippen LogP contribution in [0.5, 0.6) is 5.88 Å². The molecule has 35 heavy (non-hydrogen) atoms. The fourth-order valence-electron chi connectivity index (χ4n) is 3.60. The molecule has 0 aliphatic heterocycles. The number of aromatic nitrogens is 1. The number of benzene rings is 1. The molecule has 188 valence electrons. The maximum absolute atomic E-state index is 12.3. The molecule has 0 spiro atoms. The first-order chi connectivity index (χ1) is 16.9. The summed E-state index contributed by atoms with van der Waals surface area (Å²) in [6, 6.07) is 9.58. The maximum Gasteiger partial charge on any atom is 0.304 e. The summed E-state index contributed by atoms with van der Waals surface area (Å²) in [4.78, 5) is 20.7. The summed E-state index contributed by atoms with van der Waals surface area (Å²) in [6.45, 7) is 8.25. The van der Waals surface area contributed by atoms with Gasteiger partial charge in [-0.15, -0.1) is 21.6 Å². The minimum absolute atomic E-state index is 0.0138. The van der Waals surface area contributed by atoms with E-state index >= 15 is 0 Å². The summed E-state index contributed by atoms with van der Waals surface area (Å²) < 4.78 is 2.68. The Morgan fingerprint density at radius 3 is 2.60 bits per heavy atom. The van der Waals surface area contributed by atoms with Gasteiger partial charge in [-0.25, -0.2) is 0 Å². The van der Waals surface area contributed by atoms with Crippen LogP contribution in [-0.2, 0) is 16.3 Å². The Kier molecular flexibility index (Phi) is 10.4. The number of carbonyl (C=O) groups is 1. The van der Waals surface area contributed by atoms with Gasteiger partial charge >= 0.3 is 5.91 Å². The van der Waals surface area contributed by atoms with Crippen molar-refractivity contribution in [2.75, 3.05) is 19.7 Å². The Balaban J connectivity index is 1.79. The third-order valence-electron chi connectivity index (χ3n) is 5.50. The van der Waals surface area contributed by atoms with Crippen molar-refractivity contribution < 1.29 is 14.7 Å². The van der Waals surface area contributed by atoms with E-state index in [4.69, 9.17) is 4.84 Å². The van der Waals surface area contributed by atoms with Crippen LogP contribution in [0.3, 0.4) is 0 Å². The van der Waals surface area contributed by atoms with Crippen molar-refractivity contribution in [1.29, 1.82) is 0 Å². The summed E-state index contributed by atoms with van der Waals surface area (Å²) in [7, 11) is 0. The number of thiophene rings is 1. The highest BCUT2D eigenvalue weighted by atomic mass is 79.9. The van der Waals surface area contributed by atoms with Crippen LogP contribution in [0.2, 0.25) is 0 Å². The van der Waals surface area contributed by atoms with Crippen LogP contribution in [-0.4, -0.2) is 45.9 Å². The van der Waals surface area contributed by atoms with Crippen LogP contribution in [0.25, 0.3) is 10.9 Å². The van der Waals surface area contributed by atoms with Gasteiger partial charge in [0.15, 0.2) is 12.3 Å². The van der Waals surface area contributed by atoms with Crippen molar-refractivity contribution in [3.05, 3.63) is 45.1 Å². The molecular formula is C25H32BrN5O3S. The maximum atomic E-state index is 12.3. The van der Waals surface area contributed by atoms with Gasteiger partial charge in [0, 0.05) is 9.86 Å². The Labute approximate surface area is 218 Å². The van der Waals surface area contributed by atoms with Crippen LogP contribution in [0.15, 0.2) is 55.6 Å². The zero-order chi connectivity index (χ0) is 25.2. The van der Waals surface area contributed by atoms with Gasteiger partial charge in [-0.3, -0.25) is 14.3 Å². The topological polar surface area (TPSA) is 91.8 Å². The number of hydrogen-bond donors (Lipinski definition) is 1. The lowest BCUT2D eigenvalue weighted by Crippen LogP contribution is -2.28. The SMILES string of the molecule is CCCCN(CCCC)Cn1c(O)c(N=NC(=O)CON=C(C)c2cccs2)c2cc(Br)ccc21. The number of oxime groups is 1. The second-order valence-corrected chi connectivity index (χ2v) is 10.1. The molecular weight excluding hydrogens is 530 g/mol. The third-order valence-corrected chi connectivity index (χ3v) is 6.97. The van der Waals surface area contributed by atoms with E-state index in [1.807, 2.05) is 47.2 Å². The lowest BCUT2D eigenvalue weighted by Gasteiger charge is -2.23. The molecule has 0 saturated carbocycles. The standard InChI is InChI=1S/C25H32BrN5O3S/c1-4-6-12-30(13-7-5-2)17-31-21-11-10-19(26)15-20(21)24(25(31)33)28-27-23(32)16-34-29-18(3)22-9-8-14-35-22/h8-11,14-15,33H,4-7,12-13,16-17H2,1-3H3. The van der Waals surface area contributed by atoms with E-state index in [0.29, 0.717) is 17.8 Å². The molecule has 0 fully saturated rings. The summed E-state index contributed by atoms with van der Waals surface area (Å²) in [5.74, 6) is -0.601. The van der Waals surface area contributed by atoms with Crippen LogP contribution in [0.4, 0.5) is 5.69 Å². The Morgan fingerprint density at radius 1 is 1.20 bits per heavy atom. The van der Waals surface area contributed by atoms with Gasteiger partial charge < -0.3 is 9.94 Å². The zero-order valence-electron chi connectivity index (χ0n) is 20.4. The molecule has 8 nitrogen and oxygen atoms in total. The van der Waals surface area contributed by atoms with Crippen LogP contribution < -0.4 is 0 Å². The summed E-state index contributed by atoms with van der Waals surface area (Å²) in [5.41, 5.74) is 1.78. The van der Waals surface area contributed by atoms with Gasteiger partial charge in [-0.05, 0) is 62.5 Å². The minimum Gasteiger partial charge on any atom is -0.493 e. The number of rotatable bonds is 13. The highest BCUT2D eigenvalue weighted by Crippen LogP contribution is 2.40. The van der Waals surface area contributed by atoms with E-state index in [-0.39, 0.29) is 18.2 Å². The van der Waals surface area contributed by atoms with Gasteiger partial charge in [0.1, 0.15) is 0 Å². The lowest BCUT2D eigenvalue weighted by atomic mass is 10.2. The molecule has 0 aliphatic rings. The van der Waals surface area contributed by atoms with Crippen molar-refractivity contribution in [3.63, 3.8) is 0 Å². The summed E-state index contributed by atoms with van der Waals surface area (Å²) in [6.07, 6.45) is 4.39. The summed E-state index contributed by atoms with van der Waals surface area (Å²) >= 11 is 5.03. The van der Waals surface area contributed by atoms with Crippen molar-refractivity contribution in [2.24, 2.45) is 15.4 Å². The van der Waals surface area contributed by atoms with Crippen molar-refractivity contribution in [1.82, 2.24) is 9.47 Å². The van der Waals surface area contributed by atoms with E-state index in [0.717, 1.165) is 53.6 Å². The lowest BCUT2D eigenvalue weighted by molar-refractivity contribution is -0.122. The van der Waals surface area contributed by atoms with Crippen LogP contribution in [0, 0.1) is 0 Å². The second kappa shape index (κ2) is 13.5. The third kappa shape index (κ3) is 7.46. The number of unbranched alkanes of at least 4 members (excludes halogenated alkanes) is 2. The van der Waals surface area contributed by atoms with E-state index < -0.39 is 5.91 Å². The average molecular weight is 563 g/mol. The zero-order valence-corrected chi connectivity index (χ0v) is 22.8. The Bertz CT molecular complexity index is 1170. The molecule has 10 heteroatoms. The molecule has 1 N–H and O–H groups in total. The molecule has 0 radical (unpaired) electrons. The second-order valence-electron chi connectivity index (χ2n) is 8.25. The molecule has 0 atom stereocenters. The molecule has 3 rings (SSSR count). The average Bonchev–Trinajstić information content (AvgIpc) is 3.47. The number of halogens is 1. The van der Waals surface area contributed by atoms with Gasteiger partial charge in [-0.2, -0.15) is 0 Å². The number of azo groups is 1. The molecule has 0 saturated heterocycles. The molecule has 0 bridgehead atoms. The van der Waals surface area contributed by atoms with Crippen molar-refractivity contribution in [3.8, 4) is 5.88 Å². The monoisotopic (exact) mass is 561 g/mol.